The van der Waals surface area contributed by atoms with Gasteiger partial charge in [0.25, 0.3) is 0 Å². The molecule has 0 spiro atoms. The van der Waals surface area contributed by atoms with Gasteiger partial charge in [-0.15, -0.1) is 0 Å². The Labute approximate surface area is 228 Å². The molecule has 9 heteroatoms. The van der Waals surface area contributed by atoms with Crippen molar-refractivity contribution in [3.05, 3.63) is 47.0 Å². The van der Waals surface area contributed by atoms with Gasteiger partial charge in [0, 0.05) is 31.4 Å². The van der Waals surface area contributed by atoms with Crippen LogP contribution in [0.25, 0.3) is 0 Å². The van der Waals surface area contributed by atoms with Crippen LogP contribution in [-0.2, 0) is 4.79 Å². The molecule has 3 aliphatic heterocycles. The van der Waals surface area contributed by atoms with Crippen molar-refractivity contribution in [2.24, 2.45) is 5.92 Å². The zero-order chi connectivity index (χ0) is 26.1. The third-order valence-corrected chi connectivity index (χ3v) is 8.24. The van der Waals surface area contributed by atoms with Gasteiger partial charge in [0.15, 0.2) is 11.5 Å². The first-order valence-electron chi connectivity index (χ1n) is 13.8. The summed E-state index contributed by atoms with van der Waals surface area (Å²) in [6, 6.07) is 11.0. The number of aliphatic hydroxyl groups excluding tert-OH is 1. The summed E-state index contributed by atoms with van der Waals surface area (Å²) in [5, 5.41) is 15.3. The van der Waals surface area contributed by atoms with Crippen molar-refractivity contribution in [3.63, 3.8) is 0 Å². The van der Waals surface area contributed by atoms with Gasteiger partial charge in [-0.1, -0.05) is 17.7 Å². The Kier molecular flexibility index (Phi) is 7.54. The molecule has 1 saturated carbocycles. The van der Waals surface area contributed by atoms with E-state index in [0.717, 1.165) is 63.0 Å². The van der Waals surface area contributed by atoms with Gasteiger partial charge in [0.05, 0.1) is 23.1 Å². The molecule has 0 aromatic heterocycles. The highest BCUT2D eigenvalue weighted by atomic mass is 35.5. The van der Waals surface area contributed by atoms with E-state index in [0.29, 0.717) is 48.6 Å². The minimum absolute atomic E-state index is 0.0169. The second-order valence-corrected chi connectivity index (χ2v) is 11.2. The number of likely N-dealkylation sites (tertiary alicyclic amines) is 1. The average Bonchev–Trinajstić information content (AvgIpc) is 3.37. The first-order valence-corrected chi connectivity index (χ1v) is 14.2. The van der Waals surface area contributed by atoms with Crippen LogP contribution in [-0.4, -0.2) is 74.0 Å². The largest absolute Gasteiger partial charge is 0.489 e. The molecule has 8 nitrogen and oxygen atoms in total. The van der Waals surface area contributed by atoms with E-state index in [2.05, 4.69) is 15.1 Å². The molecule has 2 aromatic rings. The van der Waals surface area contributed by atoms with Gasteiger partial charge in [0.1, 0.15) is 25.1 Å². The normalized spacial score (nSPS) is 22.8. The average molecular weight is 542 g/mol. The fourth-order valence-electron chi connectivity index (χ4n) is 5.60. The number of nitrogens with one attached hydrogen (secondary N) is 1. The number of halogens is 1. The van der Waals surface area contributed by atoms with E-state index in [1.54, 1.807) is 0 Å². The third kappa shape index (κ3) is 5.82. The highest BCUT2D eigenvalue weighted by molar-refractivity contribution is 6.32. The molecule has 38 heavy (non-hydrogen) atoms. The lowest BCUT2D eigenvalue weighted by molar-refractivity contribution is -0.126. The molecule has 3 fully saturated rings. The van der Waals surface area contributed by atoms with Gasteiger partial charge in [-0.3, -0.25) is 4.79 Å². The molecule has 2 aromatic carbocycles. The maximum atomic E-state index is 13.5. The van der Waals surface area contributed by atoms with Crippen molar-refractivity contribution in [1.82, 2.24) is 10.2 Å². The van der Waals surface area contributed by atoms with E-state index in [1.807, 2.05) is 36.4 Å². The second-order valence-electron chi connectivity index (χ2n) is 10.8. The Morgan fingerprint density at radius 1 is 1.05 bits per heavy atom. The van der Waals surface area contributed by atoms with E-state index < -0.39 is 12.1 Å². The third-order valence-electron chi connectivity index (χ3n) is 7.93. The molecule has 2 saturated heterocycles. The monoisotopic (exact) mass is 541 g/mol. The van der Waals surface area contributed by atoms with Gasteiger partial charge in [-0.05, 0) is 75.0 Å². The first-order chi connectivity index (χ1) is 18.5. The molecule has 3 heterocycles. The number of amides is 1. The summed E-state index contributed by atoms with van der Waals surface area (Å²) < 4.78 is 17.3. The van der Waals surface area contributed by atoms with Crippen LogP contribution in [0.2, 0.25) is 5.02 Å². The van der Waals surface area contributed by atoms with Crippen LogP contribution in [0.1, 0.15) is 43.8 Å². The van der Waals surface area contributed by atoms with E-state index in [4.69, 9.17) is 25.8 Å². The lowest BCUT2D eigenvalue weighted by atomic mass is 9.99. The minimum Gasteiger partial charge on any atom is -0.489 e. The summed E-state index contributed by atoms with van der Waals surface area (Å²) >= 11 is 6.35. The molecule has 1 aliphatic carbocycles. The van der Waals surface area contributed by atoms with Crippen molar-refractivity contribution >= 4 is 23.2 Å². The van der Waals surface area contributed by atoms with Crippen molar-refractivity contribution in [2.75, 3.05) is 50.8 Å². The predicted octanol–water partition coefficient (Wildman–Crippen LogP) is 3.79. The van der Waals surface area contributed by atoms with Crippen LogP contribution in [0.4, 0.5) is 5.69 Å². The summed E-state index contributed by atoms with van der Waals surface area (Å²) in [5.74, 6) is 1.86. The lowest BCUT2D eigenvalue weighted by Gasteiger charge is -2.30. The standard InChI is InChI=1S/C29H36ClN3O5/c30-23-7-4-21(16-26(23)38-22-5-6-22)33-12-9-20(17-33)29(35)31-24(18-32-10-1-2-11-32)28(34)19-3-8-25-27(15-19)37-14-13-36-25/h3-4,7-8,15-16,20,22,24,28,34H,1-2,5-6,9-14,17-18H2,(H,31,35)/t20?,24-,28-/m1/s1. The number of fused-ring (bicyclic) bond motifs is 1. The molecular formula is C29H36ClN3O5. The molecule has 2 N–H and O–H groups in total. The topological polar surface area (TPSA) is 83.5 Å². The van der Waals surface area contributed by atoms with Gasteiger partial charge < -0.3 is 34.4 Å². The second kappa shape index (κ2) is 11.2. The molecule has 4 aliphatic rings. The zero-order valence-electron chi connectivity index (χ0n) is 21.6. The van der Waals surface area contributed by atoms with Crippen LogP contribution in [0, 0.1) is 5.92 Å². The Morgan fingerprint density at radius 2 is 1.84 bits per heavy atom. The Morgan fingerprint density at radius 3 is 2.63 bits per heavy atom. The zero-order valence-corrected chi connectivity index (χ0v) is 22.4. The van der Waals surface area contributed by atoms with E-state index >= 15 is 0 Å². The van der Waals surface area contributed by atoms with Crippen molar-refractivity contribution in [1.29, 1.82) is 0 Å². The van der Waals surface area contributed by atoms with Crippen molar-refractivity contribution < 1.29 is 24.1 Å². The molecule has 1 amide bonds. The fourth-order valence-corrected chi connectivity index (χ4v) is 5.76. The number of anilines is 1. The van der Waals surface area contributed by atoms with Crippen LogP contribution >= 0.6 is 11.6 Å². The Balaban J connectivity index is 1.13. The van der Waals surface area contributed by atoms with Gasteiger partial charge >= 0.3 is 0 Å². The van der Waals surface area contributed by atoms with Crippen LogP contribution < -0.4 is 24.4 Å². The van der Waals surface area contributed by atoms with Crippen LogP contribution in [0.15, 0.2) is 36.4 Å². The first kappa shape index (κ1) is 25.6. The number of carbonyl (C=O) groups excluding carboxylic acids is 1. The predicted molar refractivity (Wildman–Crippen MR) is 145 cm³/mol. The number of carbonyl (C=O) groups is 1. The number of benzene rings is 2. The Bertz CT molecular complexity index is 1150. The van der Waals surface area contributed by atoms with Crippen LogP contribution in [0.5, 0.6) is 17.2 Å². The number of rotatable bonds is 9. The minimum atomic E-state index is -0.855. The maximum absolute atomic E-state index is 13.5. The smallest absolute Gasteiger partial charge is 0.225 e. The molecule has 3 atom stereocenters. The van der Waals surface area contributed by atoms with E-state index in [1.165, 1.54) is 0 Å². The highest BCUT2D eigenvalue weighted by Gasteiger charge is 2.34. The summed E-state index contributed by atoms with van der Waals surface area (Å²) in [7, 11) is 0. The summed E-state index contributed by atoms with van der Waals surface area (Å²) in [6.45, 7) is 4.98. The maximum Gasteiger partial charge on any atom is 0.225 e. The summed E-state index contributed by atoms with van der Waals surface area (Å²) in [6.07, 6.45) is 4.60. The SMILES string of the molecule is O=C(N[C@H](CN1CCCC1)[C@H](O)c1ccc2c(c1)OCCO2)C1CCN(c2ccc(Cl)c(OC3CC3)c2)C1. The Hall–Kier alpha value is -2.68. The number of aliphatic hydroxyl groups is 1. The number of hydrogen-bond acceptors (Lipinski definition) is 7. The number of ether oxygens (including phenoxy) is 3. The van der Waals surface area contributed by atoms with Crippen molar-refractivity contribution in [2.45, 2.75) is 50.4 Å². The lowest BCUT2D eigenvalue weighted by Crippen LogP contribution is -2.48. The molecule has 204 valence electrons. The molecule has 0 radical (unpaired) electrons. The number of hydrogen-bond donors (Lipinski definition) is 2. The van der Waals surface area contributed by atoms with Gasteiger partial charge in [0.2, 0.25) is 5.91 Å². The van der Waals surface area contributed by atoms with Gasteiger partial charge in [-0.25, -0.2) is 0 Å². The summed E-state index contributed by atoms with van der Waals surface area (Å²) in [5.41, 5.74) is 1.74. The highest BCUT2D eigenvalue weighted by Crippen LogP contribution is 2.37. The molecule has 0 bridgehead atoms. The van der Waals surface area contributed by atoms with Crippen LogP contribution in [0.3, 0.4) is 0 Å². The summed E-state index contributed by atoms with van der Waals surface area (Å²) in [4.78, 5) is 18.0. The molecule has 6 rings (SSSR count). The van der Waals surface area contributed by atoms with E-state index in [9.17, 15) is 9.90 Å². The fraction of sp³-hybridized carbons (Fsp3) is 0.552. The molecule has 1 unspecified atom stereocenters. The number of nitrogens with zero attached hydrogens (tertiary/aromatic N) is 2. The quantitative estimate of drug-likeness (QED) is 0.500. The molecular weight excluding hydrogens is 506 g/mol. The van der Waals surface area contributed by atoms with E-state index in [-0.39, 0.29) is 17.9 Å². The van der Waals surface area contributed by atoms with Crippen molar-refractivity contribution in [3.8, 4) is 17.2 Å². The van der Waals surface area contributed by atoms with Gasteiger partial charge in [-0.2, -0.15) is 0 Å².